The number of nitro groups is 1. The molecule has 0 spiro atoms. The zero-order chi connectivity index (χ0) is 18.1. The lowest BCUT2D eigenvalue weighted by Crippen LogP contribution is -2.29. The van der Waals surface area contributed by atoms with Gasteiger partial charge in [-0.15, -0.1) is 0 Å². The summed E-state index contributed by atoms with van der Waals surface area (Å²) in [5.74, 6) is -0.715. The molecule has 25 heavy (non-hydrogen) atoms. The topological polar surface area (TPSA) is 89.8 Å². The number of carbonyl (C=O) groups is 2. The van der Waals surface area contributed by atoms with Gasteiger partial charge in [0.15, 0.2) is 0 Å². The molecule has 0 saturated heterocycles. The van der Waals surface area contributed by atoms with Crippen molar-refractivity contribution in [3.05, 3.63) is 68.8 Å². The molecule has 0 radical (unpaired) electrons. The lowest BCUT2D eigenvalue weighted by molar-refractivity contribution is -0.385. The fourth-order valence-electron chi connectivity index (χ4n) is 3.06. The maximum absolute atomic E-state index is 12.9. The van der Waals surface area contributed by atoms with Crippen LogP contribution in [-0.4, -0.2) is 30.5 Å². The molecule has 7 nitrogen and oxygen atoms in total. The Morgan fingerprint density at radius 1 is 1.24 bits per heavy atom. The second kappa shape index (κ2) is 6.35. The summed E-state index contributed by atoms with van der Waals surface area (Å²) in [6, 6.07) is 9.51. The Hall–Kier alpha value is -3.22. The first-order valence-electron chi connectivity index (χ1n) is 7.71. The molecular formula is C18H16N2O5. The molecule has 3 rings (SSSR count). The Morgan fingerprint density at radius 3 is 2.68 bits per heavy atom. The number of hydrogen-bond acceptors (Lipinski definition) is 5. The molecular weight excluding hydrogens is 324 g/mol. The number of carbonyl (C=O) groups excluding carboxylic acids is 2. The summed E-state index contributed by atoms with van der Waals surface area (Å²) in [6.45, 7) is 2.03. The molecule has 7 heteroatoms. The van der Waals surface area contributed by atoms with Crippen LogP contribution in [-0.2, 0) is 11.2 Å². The number of fused-ring (bicyclic) bond motifs is 1. The number of rotatable bonds is 3. The average molecular weight is 340 g/mol. The zero-order valence-electron chi connectivity index (χ0n) is 13.8. The van der Waals surface area contributed by atoms with E-state index in [2.05, 4.69) is 0 Å². The van der Waals surface area contributed by atoms with Gasteiger partial charge in [-0.05, 0) is 43.2 Å². The highest BCUT2D eigenvalue weighted by atomic mass is 16.6. The monoisotopic (exact) mass is 340 g/mol. The van der Waals surface area contributed by atoms with E-state index >= 15 is 0 Å². The van der Waals surface area contributed by atoms with Crippen LogP contribution in [0.5, 0.6) is 0 Å². The molecule has 0 unspecified atom stereocenters. The molecule has 0 saturated carbocycles. The standard InChI is InChI=1S/C18H16N2O5/c1-11-14(4-3-5-15(11)20(23)24)17(21)19-9-8-12-10-13(18(22)25-2)6-7-16(12)19/h3-7,10H,8-9H2,1-2H3. The van der Waals surface area contributed by atoms with E-state index in [4.69, 9.17) is 4.74 Å². The molecule has 1 aliphatic rings. The van der Waals surface area contributed by atoms with Gasteiger partial charge in [0.1, 0.15) is 0 Å². The van der Waals surface area contributed by atoms with Gasteiger partial charge in [-0.3, -0.25) is 14.9 Å². The normalized spacial score (nSPS) is 12.6. The van der Waals surface area contributed by atoms with Gasteiger partial charge in [-0.25, -0.2) is 4.79 Å². The molecule has 0 atom stereocenters. The van der Waals surface area contributed by atoms with E-state index in [0.29, 0.717) is 35.3 Å². The van der Waals surface area contributed by atoms with Crippen LogP contribution < -0.4 is 4.90 Å². The van der Waals surface area contributed by atoms with Crippen molar-refractivity contribution >= 4 is 23.3 Å². The molecule has 0 bridgehead atoms. The number of amides is 1. The number of ether oxygens (including phenoxy) is 1. The lowest BCUT2D eigenvalue weighted by Gasteiger charge is -2.18. The Labute approximate surface area is 144 Å². The van der Waals surface area contributed by atoms with E-state index < -0.39 is 10.9 Å². The second-order valence-corrected chi connectivity index (χ2v) is 5.75. The van der Waals surface area contributed by atoms with E-state index in [9.17, 15) is 19.7 Å². The summed E-state index contributed by atoms with van der Waals surface area (Å²) >= 11 is 0. The highest BCUT2D eigenvalue weighted by Gasteiger charge is 2.29. The predicted octanol–water partition coefficient (Wildman–Crippen LogP) is 2.89. The third-order valence-electron chi connectivity index (χ3n) is 4.37. The lowest BCUT2D eigenvalue weighted by atomic mass is 10.1. The van der Waals surface area contributed by atoms with Crippen LogP contribution in [0, 0.1) is 17.0 Å². The molecule has 0 N–H and O–H groups in total. The molecule has 0 fully saturated rings. The molecule has 1 heterocycles. The van der Waals surface area contributed by atoms with Gasteiger partial charge in [0.2, 0.25) is 0 Å². The van der Waals surface area contributed by atoms with Crippen LogP contribution in [0.3, 0.4) is 0 Å². The van der Waals surface area contributed by atoms with Crippen molar-refractivity contribution in [2.75, 3.05) is 18.6 Å². The summed E-state index contributed by atoms with van der Waals surface area (Å²) in [6.07, 6.45) is 0.611. The Kier molecular flexibility index (Phi) is 4.22. The Morgan fingerprint density at radius 2 is 2.00 bits per heavy atom. The van der Waals surface area contributed by atoms with Gasteiger partial charge in [0.25, 0.3) is 11.6 Å². The predicted molar refractivity (Wildman–Crippen MR) is 91.0 cm³/mol. The van der Waals surface area contributed by atoms with Crippen LogP contribution in [0.25, 0.3) is 0 Å². The van der Waals surface area contributed by atoms with E-state index in [-0.39, 0.29) is 11.6 Å². The van der Waals surface area contributed by atoms with E-state index in [1.165, 1.54) is 19.2 Å². The maximum atomic E-state index is 12.9. The van der Waals surface area contributed by atoms with Gasteiger partial charge in [-0.1, -0.05) is 6.07 Å². The number of anilines is 1. The largest absolute Gasteiger partial charge is 0.465 e. The van der Waals surface area contributed by atoms with Crippen molar-refractivity contribution in [2.24, 2.45) is 0 Å². The van der Waals surface area contributed by atoms with Crippen LogP contribution in [0.15, 0.2) is 36.4 Å². The van der Waals surface area contributed by atoms with Crippen molar-refractivity contribution < 1.29 is 19.2 Å². The van der Waals surface area contributed by atoms with E-state index in [0.717, 1.165) is 5.56 Å². The van der Waals surface area contributed by atoms with Gasteiger partial charge in [0.05, 0.1) is 17.6 Å². The minimum Gasteiger partial charge on any atom is -0.465 e. The minimum atomic E-state index is -0.493. The van der Waals surface area contributed by atoms with E-state index in [1.54, 1.807) is 36.1 Å². The third kappa shape index (κ3) is 2.84. The van der Waals surface area contributed by atoms with Crippen LogP contribution in [0.4, 0.5) is 11.4 Å². The van der Waals surface area contributed by atoms with Gasteiger partial charge >= 0.3 is 5.97 Å². The van der Waals surface area contributed by atoms with Crippen molar-refractivity contribution in [3.8, 4) is 0 Å². The SMILES string of the molecule is COC(=O)c1ccc2c(c1)CCN2C(=O)c1cccc([N+](=O)[O-])c1C. The number of hydrogen-bond donors (Lipinski definition) is 0. The molecule has 2 aromatic carbocycles. The van der Waals surface area contributed by atoms with Crippen molar-refractivity contribution in [1.82, 2.24) is 0 Å². The first-order valence-corrected chi connectivity index (χ1v) is 7.71. The number of esters is 1. The fourth-order valence-corrected chi connectivity index (χ4v) is 3.06. The van der Waals surface area contributed by atoms with Crippen molar-refractivity contribution in [2.45, 2.75) is 13.3 Å². The summed E-state index contributed by atoms with van der Waals surface area (Å²) in [4.78, 5) is 36.7. The number of nitro benzene ring substituents is 1. The van der Waals surface area contributed by atoms with Crippen LogP contribution in [0.2, 0.25) is 0 Å². The smallest absolute Gasteiger partial charge is 0.337 e. The number of benzene rings is 2. The second-order valence-electron chi connectivity index (χ2n) is 5.75. The Balaban J connectivity index is 1.96. The average Bonchev–Trinajstić information content (AvgIpc) is 3.03. The molecule has 2 aromatic rings. The molecule has 128 valence electrons. The maximum Gasteiger partial charge on any atom is 0.337 e. The highest BCUT2D eigenvalue weighted by molar-refractivity contribution is 6.09. The number of nitrogens with zero attached hydrogens (tertiary/aromatic N) is 2. The van der Waals surface area contributed by atoms with Crippen molar-refractivity contribution in [3.63, 3.8) is 0 Å². The molecule has 0 aromatic heterocycles. The Bertz CT molecular complexity index is 891. The molecule has 1 aliphatic heterocycles. The van der Waals surface area contributed by atoms with Gasteiger partial charge < -0.3 is 9.64 Å². The minimum absolute atomic E-state index is 0.0775. The summed E-state index contributed by atoms with van der Waals surface area (Å²) in [7, 11) is 1.32. The summed E-state index contributed by atoms with van der Waals surface area (Å²) < 4.78 is 4.71. The summed E-state index contributed by atoms with van der Waals surface area (Å²) in [5, 5.41) is 11.1. The first-order chi connectivity index (χ1) is 11.9. The highest BCUT2D eigenvalue weighted by Crippen LogP contribution is 2.32. The third-order valence-corrected chi connectivity index (χ3v) is 4.37. The van der Waals surface area contributed by atoms with Gasteiger partial charge in [0, 0.05) is 29.4 Å². The van der Waals surface area contributed by atoms with E-state index in [1.807, 2.05) is 0 Å². The number of methoxy groups -OCH3 is 1. The quantitative estimate of drug-likeness (QED) is 0.487. The fraction of sp³-hybridized carbons (Fsp3) is 0.222. The molecule has 1 amide bonds. The van der Waals surface area contributed by atoms with Crippen LogP contribution >= 0.6 is 0 Å². The van der Waals surface area contributed by atoms with Crippen molar-refractivity contribution in [1.29, 1.82) is 0 Å². The first kappa shape index (κ1) is 16.6. The van der Waals surface area contributed by atoms with Gasteiger partial charge in [-0.2, -0.15) is 0 Å². The van der Waals surface area contributed by atoms with Crippen LogP contribution in [0.1, 0.15) is 31.8 Å². The summed E-state index contributed by atoms with van der Waals surface area (Å²) in [5.41, 5.74) is 2.59. The zero-order valence-corrected chi connectivity index (χ0v) is 13.8. The molecule has 0 aliphatic carbocycles.